The van der Waals surface area contributed by atoms with Gasteiger partial charge in [0, 0.05) is 35.5 Å². The SMILES string of the molecule is CSc1ccc2cc(CN3C[C@H](C)C[C@H](C)C3)c(Cl)nc2c1. The molecule has 1 aliphatic rings. The Kier molecular flexibility index (Phi) is 4.96. The average Bonchev–Trinajstić information content (AvgIpc) is 2.46. The highest BCUT2D eigenvalue weighted by Gasteiger charge is 2.22. The van der Waals surface area contributed by atoms with E-state index in [1.807, 2.05) is 0 Å². The third kappa shape index (κ3) is 3.58. The summed E-state index contributed by atoms with van der Waals surface area (Å²) in [6.45, 7) is 7.90. The standard InChI is InChI=1S/C18H23ClN2S/c1-12-6-13(2)10-21(9-12)11-15-7-14-4-5-16(22-3)8-17(14)20-18(15)19/h4-5,7-8,12-13H,6,9-11H2,1-3H3/t12-,13+. The van der Waals surface area contributed by atoms with Gasteiger partial charge in [-0.2, -0.15) is 0 Å². The number of piperidine rings is 1. The molecule has 1 aromatic heterocycles. The number of halogens is 1. The van der Waals surface area contributed by atoms with E-state index in [9.17, 15) is 0 Å². The van der Waals surface area contributed by atoms with Crippen molar-refractivity contribution in [2.24, 2.45) is 11.8 Å². The van der Waals surface area contributed by atoms with Crippen molar-refractivity contribution >= 4 is 34.3 Å². The summed E-state index contributed by atoms with van der Waals surface area (Å²) in [5.74, 6) is 1.53. The van der Waals surface area contributed by atoms with Crippen molar-refractivity contribution < 1.29 is 0 Å². The van der Waals surface area contributed by atoms with Crippen LogP contribution in [-0.4, -0.2) is 29.2 Å². The van der Waals surface area contributed by atoms with Crippen LogP contribution in [0.2, 0.25) is 5.15 Å². The number of nitrogens with zero attached hydrogens (tertiary/aromatic N) is 2. The van der Waals surface area contributed by atoms with Gasteiger partial charge in [-0.1, -0.05) is 31.5 Å². The van der Waals surface area contributed by atoms with E-state index in [4.69, 9.17) is 11.6 Å². The highest BCUT2D eigenvalue weighted by Crippen LogP contribution is 2.28. The molecular weight excluding hydrogens is 312 g/mol. The van der Waals surface area contributed by atoms with Crippen LogP contribution in [0.4, 0.5) is 0 Å². The molecule has 0 radical (unpaired) electrons. The molecule has 118 valence electrons. The summed E-state index contributed by atoms with van der Waals surface area (Å²) in [4.78, 5) is 8.36. The molecule has 1 aliphatic heterocycles. The number of fused-ring (bicyclic) bond motifs is 1. The van der Waals surface area contributed by atoms with Crippen LogP contribution in [0.5, 0.6) is 0 Å². The van der Waals surface area contributed by atoms with E-state index >= 15 is 0 Å². The van der Waals surface area contributed by atoms with Crippen LogP contribution in [0.3, 0.4) is 0 Å². The maximum absolute atomic E-state index is 6.45. The first kappa shape index (κ1) is 16.1. The summed E-state index contributed by atoms with van der Waals surface area (Å²) < 4.78 is 0. The number of hydrogen-bond donors (Lipinski definition) is 0. The fourth-order valence-electron chi connectivity index (χ4n) is 3.57. The zero-order valence-electron chi connectivity index (χ0n) is 13.5. The van der Waals surface area contributed by atoms with E-state index in [1.165, 1.54) is 16.7 Å². The molecular formula is C18H23ClN2S. The third-order valence-electron chi connectivity index (χ3n) is 4.39. The second kappa shape index (κ2) is 6.77. The van der Waals surface area contributed by atoms with Crippen LogP contribution >= 0.6 is 23.4 Å². The van der Waals surface area contributed by atoms with Gasteiger partial charge in [0.05, 0.1) is 5.52 Å². The Morgan fingerprint density at radius 2 is 1.95 bits per heavy atom. The molecule has 0 spiro atoms. The Hall–Kier alpha value is -0.770. The van der Waals surface area contributed by atoms with Crippen molar-refractivity contribution in [3.05, 3.63) is 35.0 Å². The van der Waals surface area contributed by atoms with Crippen molar-refractivity contribution in [3.63, 3.8) is 0 Å². The normalized spacial score (nSPS) is 23.1. The fraction of sp³-hybridized carbons (Fsp3) is 0.500. The molecule has 4 heteroatoms. The monoisotopic (exact) mass is 334 g/mol. The molecule has 1 saturated heterocycles. The van der Waals surface area contributed by atoms with Gasteiger partial charge >= 0.3 is 0 Å². The molecule has 0 aliphatic carbocycles. The average molecular weight is 335 g/mol. The van der Waals surface area contributed by atoms with E-state index in [0.717, 1.165) is 42.6 Å². The van der Waals surface area contributed by atoms with E-state index in [-0.39, 0.29) is 0 Å². The van der Waals surface area contributed by atoms with E-state index in [2.05, 4.69) is 54.3 Å². The molecule has 0 unspecified atom stereocenters. The maximum atomic E-state index is 6.45. The Labute approximate surface area is 142 Å². The lowest BCUT2D eigenvalue weighted by molar-refractivity contribution is 0.134. The van der Waals surface area contributed by atoms with Gasteiger partial charge < -0.3 is 0 Å². The molecule has 3 rings (SSSR count). The zero-order valence-corrected chi connectivity index (χ0v) is 15.0. The lowest BCUT2D eigenvalue weighted by atomic mass is 9.91. The van der Waals surface area contributed by atoms with Gasteiger partial charge in [0.15, 0.2) is 0 Å². The summed E-state index contributed by atoms with van der Waals surface area (Å²) >= 11 is 8.18. The minimum atomic E-state index is 0.650. The van der Waals surface area contributed by atoms with Crippen molar-refractivity contribution in [2.75, 3.05) is 19.3 Å². The number of thioether (sulfide) groups is 1. The molecule has 0 bridgehead atoms. The Morgan fingerprint density at radius 3 is 2.64 bits per heavy atom. The number of hydrogen-bond acceptors (Lipinski definition) is 3. The van der Waals surface area contributed by atoms with Crippen molar-refractivity contribution in [1.29, 1.82) is 0 Å². The Morgan fingerprint density at radius 1 is 1.23 bits per heavy atom. The highest BCUT2D eigenvalue weighted by molar-refractivity contribution is 7.98. The smallest absolute Gasteiger partial charge is 0.134 e. The van der Waals surface area contributed by atoms with Crippen LogP contribution in [0.15, 0.2) is 29.2 Å². The topological polar surface area (TPSA) is 16.1 Å². The van der Waals surface area contributed by atoms with Crippen molar-refractivity contribution in [3.8, 4) is 0 Å². The molecule has 1 fully saturated rings. The number of aromatic nitrogens is 1. The summed E-state index contributed by atoms with van der Waals surface area (Å²) in [5.41, 5.74) is 2.13. The third-order valence-corrected chi connectivity index (χ3v) is 5.44. The van der Waals surface area contributed by atoms with Gasteiger partial charge in [-0.25, -0.2) is 4.98 Å². The zero-order chi connectivity index (χ0) is 15.7. The molecule has 2 aromatic rings. The first-order valence-corrected chi connectivity index (χ1v) is 9.51. The predicted octanol–water partition coefficient (Wildman–Crippen LogP) is 5.09. The quantitative estimate of drug-likeness (QED) is 0.574. The lowest BCUT2D eigenvalue weighted by Crippen LogP contribution is -2.38. The Balaban J connectivity index is 1.86. The first-order valence-electron chi connectivity index (χ1n) is 7.90. The summed E-state index contributed by atoms with van der Waals surface area (Å²) in [6.07, 6.45) is 3.41. The lowest BCUT2D eigenvalue weighted by Gasteiger charge is -2.35. The number of rotatable bonds is 3. The van der Waals surface area contributed by atoms with E-state index < -0.39 is 0 Å². The largest absolute Gasteiger partial charge is 0.298 e. The van der Waals surface area contributed by atoms with Crippen molar-refractivity contribution in [1.82, 2.24) is 9.88 Å². The highest BCUT2D eigenvalue weighted by atomic mass is 35.5. The number of likely N-dealkylation sites (tertiary alicyclic amines) is 1. The van der Waals surface area contributed by atoms with Gasteiger partial charge in [0.1, 0.15) is 5.15 Å². The summed E-state index contributed by atoms with van der Waals surface area (Å²) in [7, 11) is 0. The minimum Gasteiger partial charge on any atom is -0.298 e. The van der Waals surface area contributed by atoms with Gasteiger partial charge in [-0.15, -0.1) is 11.8 Å². The van der Waals surface area contributed by atoms with Crippen molar-refractivity contribution in [2.45, 2.75) is 31.7 Å². The predicted molar refractivity (Wildman–Crippen MR) is 96.8 cm³/mol. The van der Waals surface area contributed by atoms with Crippen LogP contribution in [0, 0.1) is 11.8 Å². The van der Waals surface area contributed by atoms with Gasteiger partial charge in [0.2, 0.25) is 0 Å². The molecule has 2 atom stereocenters. The second-order valence-electron chi connectivity index (χ2n) is 6.64. The second-order valence-corrected chi connectivity index (χ2v) is 7.87. The first-order chi connectivity index (χ1) is 10.5. The van der Waals surface area contributed by atoms with E-state index in [0.29, 0.717) is 5.15 Å². The molecule has 2 nitrogen and oxygen atoms in total. The fourth-order valence-corrected chi connectivity index (χ4v) is 4.21. The molecule has 1 aromatic carbocycles. The molecule has 0 saturated carbocycles. The van der Waals surface area contributed by atoms with Gasteiger partial charge in [-0.3, -0.25) is 4.90 Å². The maximum Gasteiger partial charge on any atom is 0.134 e. The van der Waals surface area contributed by atoms with Gasteiger partial charge in [-0.05, 0) is 42.7 Å². The van der Waals surface area contributed by atoms with Crippen LogP contribution in [0.25, 0.3) is 10.9 Å². The number of benzene rings is 1. The van der Waals surface area contributed by atoms with E-state index in [1.54, 1.807) is 11.8 Å². The molecule has 0 amide bonds. The number of pyridine rings is 1. The summed E-state index contributed by atoms with van der Waals surface area (Å²) in [5, 5.41) is 1.83. The van der Waals surface area contributed by atoms with Crippen LogP contribution in [-0.2, 0) is 6.54 Å². The summed E-state index contributed by atoms with van der Waals surface area (Å²) in [6, 6.07) is 8.62. The Bertz CT molecular complexity index is 663. The van der Waals surface area contributed by atoms with Gasteiger partial charge in [0.25, 0.3) is 0 Å². The molecule has 0 N–H and O–H groups in total. The molecule has 2 heterocycles. The van der Waals surface area contributed by atoms with Crippen LogP contribution in [0.1, 0.15) is 25.8 Å². The molecule has 22 heavy (non-hydrogen) atoms. The minimum absolute atomic E-state index is 0.650. The van der Waals surface area contributed by atoms with Crippen LogP contribution < -0.4 is 0 Å².